The van der Waals surface area contributed by atoms with E-state index in [9.17, 15) is 13.2 Å². The number of thiazole rings is 1. The zero-order valence-electron chi connectivity index (χ0n) is 15.0. The zero-order valence-corrected chi connectivity index (χ0v) is 15.8. The molecule has 0 bridgehead atoms. The first-order valence-corrected chi connectivity index (χ1v) is 9.20. The minimum atomic E-state index is -4.38. The van der Waals surface area contributed by atoms with Crippen molar-refractivity contribution in [1.29, 1.82) is 0 Å². The van der Waals surface area contributed by atoms with Crippen molar-refractivity contribution >= 4 is 17.3 Å². The van der Waals surface area contributed by atoms with Gasteiger partial charge in [0.1, 0.15) is 0 Å². The highest BCUT2D eigenvalue weighted by Crippen LogP contribution is 2.30. The highest BCUT2D eigenvalue weighted by atomic mass is 32.1. The van der Waals surface area contributed by atoms with E-state index >= 15 is 0 Å². The number of nitrogens with one attached hydrogen (secondary N) is 2. The van der Waals surface area contributed by atoms with Gasteiger partial charge in [-0.25, -0.2) is 4.98 Å². The number of rotatable bonds is 6. The van der Waals surface area contributed by atoms with E-state index in [-0.39, 0.29) is 0 Å². The Morgan fingerprint density at radius 2 is 2.08 bits per heavy atom. The molecule has 142 valence electrons. The van der Waals surface area contributed by atoms with Crippen LogP contribution in [0, 0.1) is 6.92 Å². The molecule has 0 amide bonds. The lowest BCUT2D eigenvalue weighted by Gasteiger charge is -2.16. The first-order valence-electron chi connectivity index (χ1n) is 8.32. The molecule has 0 aliphatic rings. The summed E-state index contributed by atoms with van der Waals surface area (Å²) < 4.78 is 37.6. The maximum atomic E-state index is 12.5. The number of guanidine groups is 1. The third kappa shape index (κ3) is 6.01. The zero-order chi connectivity index (χ0) is 19.2. The van der Waals surface area contributed by atoms with Crippen molar-refractivity contribution in [2.24, 2.45) is 4.99 Å². The molecule has 0 fully saturated rings. The average Bonchev–Trinajstić information content (AvgIpc) is 3.07. The third-order valence-corrected chi connectivity index (χ3v) is 4.79. The highest BCUT2D eigenvalue weighted by Gasteiger charge is 2.33. The lowest BCUT2D eigenvalue weighted by atomic mass is 9.99. The molecule has 2 rings (SSSR count). The van der Waals surface area contributed by atoms with Gasteiger partial charge in [0, 0.05) is 31.9 Å². The molecule has 1 atom stereocenters. The van der Waals surface area contributed by atoms with Gasteiger partial charge in [0.15, 0.2) is 11.7 Å². The summed E-state index contributed by atoms with van der Waals surface area (Å²) >= 11 is 1.02. The summed E-state index contributed by atoms with van der Waals surface area (Å²) in [5.41, 5.74) is 1.64. The lowest BCUT2D eigenvalue weighted by Crippen LogP contribution is -2.39. The predicted molar refractivity (Wildman–Crippen MR) is 99.8 cm³/mol. The van der Waals surface area contributed by atoms with Crippen LogP contribution in [0.4, 0.5) is 13.2 Å². The van der Waals surface area contributed by atoms with Crippen LogP contribution in [-0.2, 0) is 12.6 Å². The van der Waals surface area contributed by atoms with Crippen LogP contribution in [0.15, 0.2) is 34.6 Å². The molecule has 0 aliphatic carbocycles. The minimum absolute atomic E-state index is 0.307. The largest absolute Gasteiger partial charge is 0.434 e. The molecule has 1 heterocycles. The third-order valence-electron chi connectivity index (χ3n) is 3.88. The Hall–Kier alpha value is -2.09. The maximum Gasteiger partial charge on any atom is 0.434 e. The number of aryl methyl sites for hydroxylation is 1. The van der Waals surface area contributed by atoms with E-state index in [0.29, 0.717) is 36.4 Å². The quantitative estimate of drug-likeness (QED) is 0.585. The van der Waals surface area contributed by atoms with Gasteiger partial charge in [0.2, 0.25) is 0 Å². The first-order chi connectivity index (χ1) is 12.3. The Balaban J connectivity index is 1.78. The number of aromatic nitrogens is 1. The molecule has 0 spiro atoms. The SMILES string of the molecule is CN=C(NCCc1nc(C(F)(F)F)cs1)NCC(C)c1cccc(C)c1. The maximum absolute atomic E-state index is 12.5. The molecular formula is C18H23F3N4S. The van der Waals surface area contributed by atoms with Crippen LogP contribution in [0.1, 0.15) is 34.7 Å². The second kappa shape index (κ2) is 9.02. The van der Waals surface area contributed by atoms with Gasteiger partial charge in [0.25, 0.3) is 0 Å². The van der Waals surface area contributed by atoms with Crippen molar-refractivity contribution in [3.05, 3.63) is 51.5 Å². The molecule has 0 aliphatic heterocycles. The molecule has 1 aromatic heterocycles. The van der Waals surface area contributed by atoms with E-state index in [1.54, 1.807) is 7.05 Å². The molecule has 2 aromatic rings. The number of hydrogen-bond acceptors (Lipinski definition) is 3. The molecule has 1 aromatic carbocycles. The number of hydrogen-bond donors (Lipinski definition) is 2. The van der Waals surface area contributed by atoms with E-state index in [2.05, 4.69) is 52.7 Å². The smallest absolute Gasteiger partial charge is 0.356 e. The van der Waals surface area contributed by atoms with Gasteiger partial charge in [-0.3, -0.25) is 4.99 Å². The monoisotopic (exact) mass is 384 g/mol. The van der Waals surface area contributed by atoms with E-state index in [1.807, 2.05) is 6.07 Å². The molecule has 8 heteroatoms. The summed E-state index contributed by atoms with van der Waals surface area (Å²) in [4.78, 5) is 7.76. The van der Waals surface area contributed by atoms with Crippen LogP contribution < -0.4 is 10.6 Å². The molecule has 26 heavy (non-hydrogen) atoms. The summed E-state index contributed by atoms with van der Waals surface area (Å²) in [7, 11) is 1.66. The number of nitrogens with zero attached hydrogens (tertiary/aromatic N) is 2. The van der Waals surface area contributed by atoms with Gasteiger partial charge >= 0.3 is 6.18 Å². The van der Waals surface area contributed by atoms with E-state index in [4.69, 9.17) is 0 Å². The van der Waals surface area contributed by atoms with Crippen molar-refractivity contribution < 1.29 is 13.2 Å². The molecule has 0 saturated carbocycles. The Bertz CT molecular complexity index is 740. The first kappa shape index (κ1) is 20.2. The fourth-order valence-electron chi connectivity index (χ4n) is 2.41. The van der Waals surface area contributed by atoms with Crippen molar-refractivity contribution in [1.82, 2.24) is 15.6 Å². The Morgan fingerprint density at radius 3 is 2.69 bits per heavy atom. The van der Waals surface area contributed by atoms with Gasteiger partial charge in [0.05, 0.1) is 5.01 Å². The summed E-state index contributed by atoms with van der Waals surface area (Å²) in [5, 5.41) is 7.85. The van der Waals surface area contributed by atoms with Gasteiger partial charge in [-0.05, 0) is 18.4 Å². The minimum Gasteiger partial charge on any atom is -0.356 e. The molecule has 0 saturated heterocycles. The topological polar surface area (TPSA) is 49.3 Å². The van der Waals surface area contributed by atoms with Gasteiger partial charge < -0.3 is 10.6 Å². The van der Waals surface area contributed by atoms with Crippen LogP contribution in [-0.4, -0.2) is 31.1 Å². The van der Waals surface area contributed by atoms with E-state index in [1.165, 1.54) is 11.1 Å². The second-order valence-corrected chi connectivity index (χ2v) is 7.01. The second-order valence-electron chi connectivity index (χ2n) is 6.07. The van der Waals surface area contributed by atoms with Crippen molar-refractivity contribution in [3.63, 3.8) is 0 Å². The normalized spacial score (nSPS) is 13.5. The summed E-state index contributed by atoms with van der Waals surface area (Å²) in [6.45, 7) is 5.36. The molecule has 2 N–H and O–H groups in total. The number of alkyl halides is 3. The molecule has 0 radical (unpaired) electrons. The van der Waals surface area contributed by atoms with E-state index in [0.717, 1.165) is 16.7 Å². The highest BCUT2D eigenvalue weighted by molar-refractivity contribution is 7.09. The molecule has 4 nitrogen and oxygen atoms in total. The molecular weight excluding hydrogens is 361 g/mol. The summed E-state index contributed by atoms with van der Waals surface area (Å²) in [6.07, 6.45) is -3.97. The molecule has 1 unspecified atom stereocenters. The van der Waals surface area contributed by atoms with Gasteiger partial charge in [-0.2, -0.15) is 13.2 Å². The summed E-state index contributed by atoms with van der Waals surface area (Å²) in [5.74, 6) is 0.930. The van der Waals surface area contributed by atoms with E-state index < -0.39 is 11.9 Å². The van der Waals surface area contributed by atoms with Crippen LogP contribution >= 0.6 is 11.3 Å². The number of halogens is 3. The fourth-order valence-corrected chi connectivity index (χ4v) is 3.21. The van der Waals surface area contributed by atoms with Crippen molar-refractivity contribution in [2.45, 2.75) is 32.4 Å². The Kier molecular flexibility index (Phi) is 7.02. The number of aliphatic imine (C=N–C) groups is 1. The predicted octanol–water partition coefficient (Wildman–Crippen LogP) is 3.98. The standard InChI is InChI=1S/C18H23F3N4S/c1-12-5-4-6-14(9-12)13(2)10-24-17(22-3)23-8-7-16-25-15(11-26-16)18(19,20)21/h4-6,9,11,13H,7-8,10H2,1-3H3,(H2,22,23,24). The number of benzene rings is 1. The van der Waals surface area contributed by atoms with Crippen molar-refractivity contribution in [2.75, 3.05) is 20.1 Å². The van der Waals surface area contributed by atoms with Crippen LogP contribution in [0.2, 0.25) is 0 Å². The van der Waals surface area contributed by atoms with Crippen LogP contribution in [0.25, 0.3) is 0 Å². The average molecular weight is 384 g/mol. The van der Waals surface area contributed by atoms with Gasteiger partial charge in [-0.15, -0.1) is 11.3 Å². The summed E-state index contributed by atoms with van der Waals surface area (Å²) in [6, 6.07) is 8.35. The lowest BCUT2D eigenvalue weighted by molar-refractivity contribution is -0.140. The van der Waals surface area contributed by atoms with Crippen LogP contribution in [0.5, 0.6) is 0 Å². The van der Waals surface area contributed by atoms with Crippen LogP contribution in [0.3, 0.4) is 0 Å². The Labute approximate surface area is 155 Å². The van der Waals surface area contributed by atoms with Gasteiger partial charge in [-0.1, -0.05) is 36.8 Å². The fraction of sp³-hybridized carbons (Fsp3) is 0.444. The van der Waals surface area contributed by atoms with Crippen molar-refractivity contribution in [3.8, 4) is 0 Å². The Morgan fingerprint density at radius 1 is 1.31 bits per heavy atom.